The van der Waals surface area contributed by atoms with Crippen LogP contribution >= 0.6 is 0 Å². The van der Waals surface area contributed by atoms with Crippen molar-refractivity contribution in [2.24, 2.45) is 0 Å². The molecule has 2 heterocycles. The predicted octanol–water partition coefficient (Wildman–Crippen LogP) is 1.43. The summed E-state index contributed by atoms with van der Waals surface area (Å²) in [6.45, 7) is 6.11. The van der Waals surface area contributed by atoms with Gasteiger partial charge < -0.3 is 15.4 Å². The molecule has 17 heavy (non-hydrogen) atoms. The monoisotopic (exact) mass is 236 g/mol. The number of rotatable bonds is 4. The number of nitrogens with one attached hydrogen (secondary N) is 2. The molecule has 0 saturated carbocycles. The molecule has 0 aromatic carbocycles. The second-order valence-electron chi connectivity index (χ2n) is 4.58. The lowest BCUT2D eigenvalue weighted by Crippen LogP contribution is -2.35. The lowest BCUT2D eigenvalue weighted by atomic mass is 10.1. The molecule has 0 unspecified atom stereocenters. The summed E-state index contributed by atoms with van der Waals surface area (Å²) in [5, 5.41) is 6.76. The van der Waals surface area contributed by atoms with Crippen molar-refractivity contribution in [2.75, 3.05) is 18.4 Å². The van der Waals surface area contributed by atoms with Crippen LogP contribution in [0.15, 0.2) is 12.4 Å². The topological polar surface area (TPSA) is 59.1 Å². The van der Waals surface area contributed by atoms with Crippen molar-refractivity contribution >= 4 is 5.82 Å². The zero-order valence-corrected chi connectivity index (χ0v) is 10.4. The van der Waals surface area contributed by atoms with Gasteiger partial charge in [0.2, 0.25) is 5.88 Å². The van der Waals surface area contributed by atoms with Gasteiger partial charge in [0, 0.05) is 12.1 Å². The molecule has 1 aromatic heterocycles. The number of nitrogens with zero attached hydrogens (tertiary/aromatic N) is 2. The predicted molar refractivity (Wildman–Crippen MR) is 67.3 cm³/mol. The zero-order chi connectivity index (χ0) is 12.1. The highest BCUT2D eigenvalue weighted by Crippen LogP contribution is 2.15. The zero-order valence-electron chi connectivity index (χ0n) is 10.4. The van der Waals surface area contributed by atoms with E-state index in [-0.39, 0.29) is 6.10 Å². The molecule has 5 heteroatoms. The van der Waals surface area contributed by atoms with Gasteiger partial charge >= 0.3 is 0 Å². The molecule has 1 saturated heterocycles. The molecule has 2 rings (SSSR count). The summed E-state index contributed by atoms with van der Waals surface area (Å²) in [7, 11) is 0. The summed E-state index contributed by atoms with van der Waals surface area (Å²) in [5.41, 5.74) is 0. The molecule has 1 aromatic rings. The Balaban J connectivity index is 1.95. The Bertz CT molecular complexity index is 350. The largest absolute Gasteiger partial charge is 0.475 e. The van der Waals surface area contributed by atoms with E-state index in [9.17, 15) is 0 Å². The van der Waals surface area contributed by atoms with Crippen molar-refractivity contribution in [2.45, 2.75) is 38.8 Å². The Morgan fingerprint density at radius 1 is 1.35 bits per heavy atom. The fraction of sp³-hybridized carbons (Fsp3) is 0.667. The summed E-state index contributed by atoms with van der Waals surface area (Å²) in [4.78, 5) is 8.31. The summed E-state index contributed by atoms with van der Waals surface area (Å²) in [5.74, 6) is 1.48. The second-order valence-corrected chi connectivity index (χ2v) is 4.58. The van der Waals surface area contributed by atoms with Crippen molar-refractivity contribution in [3.8, 4) is 5.88 Å². The van der Waals surface area contributed by atoms with Crippen molar-refractivity contribution in [1.29, 1.82) is 0 Å². The first-order valence-electron chi connectivity index (χ1n) is 6.20. The maximum atomic E-state index is 5.54. The number of ether oxygens (including phenoxy) is 1. The highest BCUT2D eigenvalue weighted by atomic mass is 16.5. The first-order valence-corrected chi connectivity index (χ1v) is 6.20. The van der Waals surface area contributed by atoms with Crippen LogP contribution in [-0.4, -0.2) is 35.2 Å². The molecule has 5 nitrogen and oxygen atoms in total. The van der Waals surface area contributed by atoms with Gasteiger partial charge in [0.05, 0.1) is 6.10 Å². The molecule has 94 valence electrons. The highest BCUT2D eigenvalue weighted by molar-refractivity contribution is 5.38. The molecule has 2 N–H and O–H groups in total. The van der Waals surface area contributed by atoms with Crippen molar-refractivity contribution in [3.63, 3.8) is 0 Å². The normalized spacial score (nSPS) is 17.1. The molecule has 0 radical (unpaired) electrons. The fourth-order valence-electron chi connectivity index (χ4n) is 1.90. The maximum Gasteiger partial charge on any atom is 0.218 e. The Morgan fingerprint density at radius 3 is 2.82 bits per heavy atom. The quantitative estimate of drug-likeness (QED) is 0.828. The molecule has 0 spiro atoms. The summed E-state index contributed by atoms with van der Waals surface area (Å²) in [6.07, 6.45) is 3.94. The number of aromatic nitrogens is 2. The van der Waals surface area contributed by atoms with Crippen molar-refractivity contribution in [3.05, 3.63) is 12.4 Å². The second kappa shape index (κ2) is 5.82. The van der Waals surface area contributed by atoms with Gasteiger partial charge in [0.1, 0.15) is 12.1 Å². The van der Waals surface area contributed by atoms with Crippen LogP contribution in [0.2, 0.25) is 0 Å². The maximum absolute atomic E-state index is 5.54. The third kappa shape index (κ3) is 3.85. The molecule has 1 aliphatic rings. The third-order valence-corrected chi connectivity index (χ3v) is 2.69. The smallest absolute Gasteiger partial charge is 0.218 e. The van der Waals surface area contributed by atoms with E-state index in [4.69, 9.17) is 4.74 Å². The molecule has 0 aliphatic carbocycles. The van der Waals surface area contributed by atoms with E-state index in [1.54, 1.807) is 6.33 Å². The van der Waals surface area contributed by atoms with Crippen LogP contribution in [0.1, 0.15) is 26.7 Å². The molecular weight excluding hydrogens is 216 g/mol. The van der Waals surface area contributed by atoms with Crippen LogP contribution in [-0.2, 0) is 0 Å². The first kappa shape index (κ1) is 12.1. The lowest BCUT2D eigenvalue weighted by molar-refractivity contribution is 0.232. The van der Waals surface area contributed by atoms with E-state index >= 15 is 0 Å². The minimum Gasteiger partial charge on any atom is -0.475 e. The van der Waals surface area contributed by atoms with Crippen molar-refractivity contribution < 1.29 is 4.74 Å². The van der Waals surface area contributed by atoms with Gasteiger partial charge in [-0.2, -0.15) is 0 Å². The van der Waals surface area contributed by atoms with E-state index in [0.717, 1.165) is 31.7 Å². The standard InChI is InChI=1S/C12H20N4O/c1-9(2)17-12-7-11(14-8-15-12)16-10-3-5-13-6-4-10/h7-10,13H,3-6H2,1-2H3,(H,14,15,16). The van der Waals surface area contributed by atoms with Gasteiger partial charge in [0.25, 0.3) is 0 Å². The van der Waals surface area contributed by atoms with Gasteiger partial charge in [0.15, 0.2) is 0 Å². The average Bonchev–Trinajstić information content (AvgIpc) is 2.30. The molecule has 0 atom stereocenters. The van der Waals surface area contributed by atoms with E-state index in [2.05, 4.69) is 20.6 Å². The van der Waals surface area contributed by atoms with Crippen LogP contribution < -0.4 is 15.4 Å². The number of anilines is 1. The number of piperidine rings is 1. The van der Waals surface area contributed by atoms with Gasteiger partial charge in [-0.3, -0.25) is 0 Å². The number of hydrogen-bond acceptors (Lipinski definition) is 5. The molecule has 0 amide bonds. The van der Waals surface area contributed by atoms with Gasteiger partial charge in [-0.1, -0.05) is 0 Å². The van der Waals surface area contributed by atoms with Crippen LogP contribution in [0.3, 0.4) is 0 Å². The Labute approximate surface area is 102 Å². The van der Waals surface area contributed by atoms with Crippen LogP contribution in [0, 0.1) is 0 Å². The van der Waals surface area contributed by atoms with Crippen LogP contribution in [0.5, 0.6) is 5.88 Å². The minimum atomic E-state index is 0.136. The SMILES string of the molecule is CC(C)Oc1cc(NC2CCNCC2)ncn1. The molecule has 0 bridgehead atoms. The molecular formula is C12H20N4O. The summed E-state index contributed by atoms with van der Waals surface area (Å²) in [6, 6.07) is 2.36. The summed E-state index contributed by atoms with van der Waals surface area (Å²) >= 11 is 0. The van der Waals surface area contributed by atoms with E-state index in [0.29, 0.717) is 11.9 Å². The Kier molecular flexibility index (Phi) is 4.14. The highest BCUT2D eigenvalue weighted by Gasteiger charge is 2.13. The Hall–Kier alpha value is -1.36. The van der Waals surface area contributed by atoms with Gasteiger partial charge in [-0.25, -0.2) is 9.97 Å². The molecule has 1 aliphatic heterocycles. The third-order valence-electron chi connectivity index (χ3n) is 2.69. The van der Waals surface area contributed by atoms with E-state index in [1.165, 1.54) is 0 Å². The Morgan fingerprint density at radius 2 is 2.12 bits per heavy atom. The summed E-state index contributed by atoms with van der Waals surface area (Å²) < 4.78 is 5.54. The van der Waals surface area contributed by atoms with Crippen LogP contribution in [0.4, 0.5) is 5.82 Å². The van der Waals surface area contributed by atoms with Crippen molar-refractivity contribution in [1.82, 2.24) is 15.3 Å². The molecule has 1 fully saturated rings. The van der Waals surface area contributed by atoms with Crippen LogP contribution in [0.25, 0.3) is 0 Å². The van der Waals surface area contributed by atoms with Gasteiger partial charge in [-0.15, -0.1) is 0 Å². The average molecular weight is 236 g/mol. The van der Waals surface area contributed by atoms with E-state index < -0.39 is 0 Å². The minimum absolute atomic E-state index is 0.136. The fourth-order valence-corrected chi connectivity index (χ4v) is 1.90. The number of hydrogen-bond donors (Lipinski definition) is 2. The lowest BCUT2D eigenvalue weighted by Gasteiger charge is -2.24. The first-order chi connectivity index (χ1) is 8.24. The van der Waals surface area contributed by atoms with E-state index in [1.807, 2.05) is 19.9 Å². The van der Waals surface area contributed by atoms with Gasteiger partial charge in [-0.05, 0) is 39.8 Å².